The molecule has 0 fully saturated rings. The third kappa shape index (κ3) is 6.28. The molecule has 120 valence electrons. The Morgan fingerprint density at radius 3 is 2.50 bits per heavy atom. The fraction of sp³-hybridized carbons (Fsp3) is 0.556. The van der Waals surface area contributed by atoms with E-state index in [0.717, 1.165) is 19.5 Å². The van der Waals surface area contributed by atoms with Crippen LogP contribution in [0, 0.1) is 17.2 Å². The van der Waals surface area contributed by atoms with Gasteiger partial charge in [0.15, 0.2) is 0 Å². The van der Waals surface area contributed by atoms with Crippen molar-refractivity contribution in [2.75, 3.05) is 26.2 Å². The van der Waals surface area contributed by atoms with Crippen molar-refractivity contribution < 1.29 is 4.79 Å². The first kappa shape index (κ1) is 18.2. The van der Waals surface area contributed by atoms with Gasteiger partial charge in [-0.15, -0.1) is 0 Å². The highest BCUT2D eigenvalue weighted by atomic mass is 16.2. The normalized spacial score (nSPS) is 12.0. The molecule has 0 radical (unpaired) electrons. The molecule has 0 aliphatic carbocycles. The number of amides is 1. The summed E-state index contributed by atoms with van der Waals surface area (Å²) in [4.78, 5) is 16.4. The van der Waals surface area contributed by atoms with E-state index in [9.17, 15) is 4.79 Å². The second-order valence-corrected chi connectivity index (χ2v) is 5.66. The zero-order valence-electron chi connectivity index (χ0n) is 14.0. The summed E-state index contributed by atoms with van der Waals surface area (Å²) in [7, 11) is 0. The van der Waals surface area contributed by atoms with Crippen molar-refractivity contribution >= 4 is 5.91 Å². The SMILES string of the molecule is CCCN(CC(=O)N(CC)CC(C)C#N)Cc1ccccc1. The molecule has 4 heteroatoms. The zero-order valence-corrected chi connectivity index (χ0v) is 14.0. The predicted molar refractivity (Wildman–Crippen MR) is 89.0 cm³/mol. The molecule has 22 heavy (non-hydrogen) atoms. The molecule has 1 amide bonds. The van der Waals surface area contributed by atoms with E-state index in [-0.39, 0.29) is 11.8 Å². The van der Waals surface area contributed by atoms with E-state index in [4.69, 9.17) is 5.26 Å². The standard InChI is InChI=1S/C18H27N3O/c1-4-11-20(14-17-9-7-6-8-10-17)15-18(22)21(5-2)13-16(3)12-19/h6-10,16H,4-5,11,13-15H2,1-3H3. The largest absolute Gasteiger partial charge is 0.341 e. The van der Waals surface area contributed by atoms with Crippen molar-refractivity contribution in [2.45, 2.75) is 33.7 Å². The van der Waals surface area contributed by atoms with Crippen LogP contribution in [0.3, 0.4) is 0 Å². The number of likely N-dealkylation sites (N-methyl/N-ethyl adjacent to an activating group) is 1. The van der Waals surface area contributed by atoms with Gasteiger partial charge in [-0.25, -0.2) is 0 Å². The summed E-state index contributed by atoms with van der Waals surface area (Å²) in [5, 5.41) is 8.92. The van der Waals surface area contributed by atoms with Gasteiger partial charge in [0.1, 0.15) is 0 Å². The van der Waals surface area contributed by atoms with Gasteiger partial charge in [0, 0.05) is 19.6 Å². The van der Waals surface area contributed by atoms with Gasteiger partial charge in [-0.05, 0) is 32.4 Å². The van der Waals surface area contributed by atoms with Gasteiger partial charge in [0.25, 0.3) is 0 Å². The minimum absolute atomic E-state index is 0.106. The summed E-state index contributed by atoms with van der Waals surface area (Å²) >= 11 is 0. The Kier molecular flexibility index (Phi) is 8.24. The Morgan fingerprint density at radius 1 is 1.27 bits per heavy atom. The minimum atomic E-state index is -0.127. The molecule has 1 atom stereocenters. The third-order valence-corrected chi connectivity index (χ3v) is 3.60. The maximum Gasteiger partial charge on any atom is 0.236 e. The fourth-order valence-electron chi connectivity index (χ4n) is 2.44. The average molecular weight is 301 g/mol. The number of carbonyl (C=O) groups is 1. The van der Waals surface area contributed by atoms with E-state index in [1.807, 2.05) is 32.0 Å². The van der Waals surface area contributed by atoms with Gasteiger partial charge in [-0.2, -0.15) is 5.26 Å². The van der Waals surface area contributed by atoms with Crippen molar-refractivity contribution in [3.63, 3.8) is 0 Å². The van der Waals surface area contributed by atoms with Crippen molar-refractivity contribution in [1.29, 1.82) is 5.26 Å². The van der Waals surface area contributed by atoms with E-state index in [0.29, 0.717) is 19.6 Å². The Morgan fingerprint density at radius 2 is 1.95 bits per heavy atom. The summed E-state index contributed by atoms with van der Waals surface area (Å²) in [6.45, 7) is 9.19. The van der Waals surface area contributed by atoms with Gasteiger partial charge >= 0.3 is 0 Å². The van der Waals surface area contributed by atoms with Crippen molar-refractivity contribution in [3.05, 3.63) is 35.9 Å². The third-order valence-electron chi connectivity index (χ3n) is 3.60. The molecule has 0 aliphatic heterocycles. The number of carbonyl (C=O) groups excluding carboxylic acids is 1. The number of rotatable bonds is 9. The van der Waals surface area contributed by atoms with Crippen LogP contribution in [-0.2, 0) is 11.3 Å². The smallest absolute Gasteiger partial charge is 0.236 e. The molecule has 1 aromatic carbocycles. The molecular weight excluding hydrogens is 274 g/mol. The quantitative estimate of drug-likeness (QED) is 0.704. The summed E-state index contributed by atoms with van der Waals surface area (Å²) in [5.74, 6) is -0.0216. The van der Waals surface area contributed by atoms with Crippen LogP contribution in [0.1, 0.15) is 32.8 Å². The van der Waals surface area contributed by atoms with Crippen molar-refractivity contribution in [2.24, 2.45) is 5.92 Å². The Bertz CT molecular complexity index is 481. The molecule has 1 aromatic rings. The molecule has 1 unspecified atom stereocenters. The van der Waals surface area contributed by atoms with Gasteiger partial charge in [-0.3, -0.25) is 9.69 Å². The molecule has 0 spiro atoms. The molecule has 0 aromatic heterocycles. The molecule has 0 N–H and O–H groups in total. The number of nitrogens with zero attached hydrogens (tertiary/aromatic N) is 3. The highest BCUT2D eigenvalue weighted by Crippen LogP contribution is 2.07. The lowest BCUT2D eigenvalue weighted by atomic mass is 10.2. The van der Waals surface area contributed by atoms with Crippen LogP contribution in [0.5, 0.6) is 0 Å². The van der Waals surface area contributed by atoms with Crippen LogP contribution in [-0.4, -0.2) is 41.9 Å². The fourth-order valence-corrected chi connectivity index (χ4v) is 2.44. The van der Waals surface area contributed by atoms with Gasteiger partial charge in [0.05, 0.1) is 18.5 Å². The minimum Gasteiger partial charge on any atom is -0.341 e. The molecule has 0 saturated carbocycles. The first-order valence-electron chi connectivity index (χ1n) is 8.04. The van der Waals surface area contributed by atoms with Gasteiger partial charge in [0.2, 0.25) is 5.91 Å². The average Bonchev–Trinajstić information content (AvgIpc) is 2.53. The maximum atomic E-state index is 12.5. The van der Waals surface area contributed by atoms with Crippen molar-refractivity contribution in [1.82, 2.24) is 9.80 Å². The zero-order chi connectivity index (χ0) is 16.4. The van der Waals surface area contributed by atoms with E-state index < -0.39 is 0 Å². The van der Waals surface area contributed by atoms with Crippen molar-refractivity contribution in [3.8, 4) is 6.07 Å². The number of benzene rings is 1. The van der Waals surface area contributed by atoms with Gasteiger partial charge in [-0.1, -0.05) is 37.3 Å². The number of hydrogen-bond acceptors (Lipinski definition) is 3. The van der Waals surface area contributed by atoms with E-state index in [1.54, 1.807) is 4.90 Å². The molecular formula is C18H27N3O. The van der Waals surface area contributed by atoms with Crippen LogP contribution in [0.15, 0.2) is 30.3 Å². The van der Waals surface area contributed by atoms with Crippen LogP contribution < -0.4 is 0 Å². The highest BCUT2D eigenvalue weighted by Gasteiger charge is 2.18. The van der Waals surface area contributed by atoms with Crippen LogP contribution in [0.2, 0.25) is 0 Å². The molecule has 0 aliphatic rings. The first-order valence-corrected chi connectivity index (χ1v) is 8.04. The second-order valence-electron chi connectivity index (χ2n) is 5.66. The summed E-state index contributed by atoms with van der Waals surface area (Å²) < 4.78 is 0. The van der Waals surface area contributed by atoms with E-state index in [1.165, 1.54) is 5.56 Å². The Hall–Kier alpha value is -1.86. The molecule has 1 rings (SSSR count). The lowest BCUT2D eigenvalue weighted by Crippen LogP contribution is -2.42. The molecule has 0 saturated heterocycles. The predicted octanol–water partition coefficient (Wildman–Crippen LogP) is 2.91. The molecule has 0 heterocycles. The second kappa shape index (κ2) is 9.97. The number of nitriles is 1. The summed E-state index contributed by atoms with van der Waals surface area (Å²) in [6.07, 6.45) is 1.01. The Balaban J connectivity index is 2.64. The van der Waals surface area contributed by atoms with Crippen LogP contribution in [0.25, 0.3) is 0 Å². The van der Waals surface area contributed by atoms with Gasteiger partial charge < -0.3 is 4.90 Å². The lowest BCUT2D eigenvalue weighted by molar-refractivity contribution is -0.132. The van der Waals surface area contributed by atoms with E-state index in [2.05, 4.69) is 30.0 Å². The maximum absolute atomic E-state index is 12.5. The summed E-state index contributed by atoms with van der Waals surface area (Å²) in [6, 6.07) is 12.4. The molecule has 0 bridgehead atoms. The monoisotopic (exact) mass is 301 g/mol. The topological polar surface area (TPSA) is 47.3 Å². The highest BCUT2D eigenvalue weighted by molar-refractivity contribution is 5.78. The van der Waals surface area contributed by atoms with E-state index >= 15 is 0 Å². The Labute approximate surface area is 134 Å². The first-order chi connectivity index (χ1) is 10.6. The molecule has 4 nitrogen and oxygen atoms in total. The lowest BCUT2D eigenvalue weighted by Gasteiger charge is -2.27. The number of hydrogen-bond donors (Lipinski definition) is 0. The summed E-state index contributed by atoms with van der Waals surface area (Å²) in [5.41, 5.74) is 1.22. The van der Waals surface area contributed by atoms with Crippen LogP contribution >= 0.6 is 0 Å². The van der Waals surface area contributed by atoms with Crippen LogP contribution in [0.4, 0.5) is 0 Å².